The number of Topliss-reactive ketones (excluding diaryl/α,β-unsaturated/α-hetero) is 1. The average molecular weight is 357 g/mol. The van der Waals surface area contributed by atoms with Crippen LogP contribution in [0.1, 0.15) is 81.4 Å². The number of ketones is 1. The molecule has 2 aliphatic carbocycles. The molecule has 3 nitrogen and oxygen atoms in total. The SMILES string of the molecule is CCCC=CC[C@H]1C(=O)C[C@@H](O)[C@@H]1c1ccc(C(O)C2CCCC2)cc1. The Morgan fingerprint density at radius 2 is 1.85 bits per heavy atom. The second kappa shape index (κ2) is 8.96. The Balaban J connectivity index is 1.72. The summed E-state index contributed by atoms with van der Waals surface area (Å²) in [6.45, 7) is 2.14. The molecule has 0 aliphatic heterocycles. The molecule has 26 heavy (non-hydrogen) atoms. The summed E-state index contributed by atoms with van der Waals surface area (Å²) in [5.41, 5.74) is 1.97. The first-order chi connectivity index (χ1) is 12.6. The quantitative estimate of drug-likeness (QED) is 0.697. The van der Waals surface area contributed by atoms with E-state index in [1.165, 1.54) is 12.8 Å². The highest BCUT2D eigenvalue weighted by atomic mass is 16.3. The Bertz CT molecular complexity index is 613. The third kappa shape index (κ3) is 4.27. The first kappa shape index (κ1) is 19.3. The van der Waals surface area contributed by atoms with E-state index < -0.39 is 12.2 Å². The summed E-state index contributed by atoms with van der Waals surface area (Å²) in [6.07, 6.45) is 10.9. The summed E-state index contributed by atoms with van der Waals surface area (Å²) in [5, 5.41) is 21.0. The van der Waals surface area contributed by atoms with Crippen LogP contribution in [0.2, 0.25) is 0 Å². The van der Waals surface area contributed by atoms with Crippen LogP contribution in [0.3, 0.4) is 0 Å². The van der Waals surface area contributed by atoms with Gasteiger partial charge in [0.05, 0.1) is 12.2 Å². The van der Waals surface area contributed by atoms with Crippen molar-refractivity contribution >= 4 is 5.78 Å². The standard InChI is InChI=1S/C23H32O3/c1-2-3-4-5-10-19-20(24)15-21(25)22(19)16-11-13-18(14-12-16)23(26)17-8-6-7-9-17/h4-5,11-14,17,19,21-23,25-26H,2-3,6-10,15H2,1H3/t19-,21+,22+,23?/m0/s1. The normalized spacial score (nSPS) is 28.3. The Hall–Kier alpha value is -1.45. The molecular formula is C23H32O3. The van der Waals surface area contributed by atoms with Crippen LogP contribution in [-0.4, -0.2) is 22.1 Å². The van der Waals surface area contributed by atoms with Crippen molar-refractivity contribution in [1.82, 2.24) is 0 Å². The smallest absolute Gasteiger partial charge is 0.139 e. The number of aliphatic hydroxyl groups is 2. The zero-order valence-electron chi connectivity index (χ0n) is 15.8. The highest BCUT2D eigenvalue weighted by Gasteiger charge is 2.41. The summed E-state index contributed by atoms with van der Waals surface area (Å²) in [7, 11) is 0. The third-order valence-electron chi connectivity index (χ3n) is 6.19. The van der Waals surface area contributed by atoms with Crippen molar-refractivity contribution in [3.8, 4) is 0 Å². The van der Waals surface area contributed by atoms with Crippen LogP contribution in [0.4, 0.5) is 0 Å². The van der Waals surface area contributed by atoms with E-state index in [0.29, 0.717) is 12.3 Å². The zero-order valence-corrected chi connectivity index (χ0v) is 15.8. The molecular weight excluding hydrogens is 324 g/mol. The minimum atomic E-state index is -0.599. The van der Waals surface area contributed by atoms with Gasteiger partial charge in [-0.05, 0) is 42.7 Å². The Labute approximate surface area is 157 Å². The molecule has 3 heteroatoms. The van der Waals surface area contributed by atoms with Gasteiger partial charge in [0.2, 0.25) is 0 Å². The molecule has 1 aromatic carbocycles. The lowest BCUT2D eigenvalue weighted by Crippen LogP contribution is -2.18. The van der Waals surface area contributed by atoms with Gasteiger partial charge >= 0.3 is 0 Å². The van der Waals surface area contributed by atoms with E-state index in [0.717, 1.165) is 36.8 Å². The monoisotopic (exact) mass is 356 g/mol. The van der Waals surface area contributed by atoms with Gasteiger partial charge in [0, 0.05) is 18.3 Å². The van der Waals surface area contributed by atoms with Crippen molar-refractivity contribution < 1.29 is 15.0 Å². The maximum Gasteiger partial charge on any atom is 0.139 e. The minimum Gasteiger partial charge on any atom is -0.392 e. The molecule has 142 valence electrons. The molecule has 0 spiro atoms. The molecule has 1 aromatic rings. The van der Waals surface area contributed by atoms with Crippen LogP contribution >= 0.6 is 0 Å². The van der Waals surface area contributed by atoms with E-state index in [2.05, 4.69) is 19.1 Å². The van der Waals surface area contributed by atoms with Gasteiger partial charge in [-0.2, -0.15) is 0 Å². The number of hydrogen-bond donors (Lipinski definition) is 2. The maximum absolute atomic E-state index is 12.3. The summed E-state index contributed by atoms with van der Waals surface area (Å²) in [6, 6.07) is 7.97. The Morgan fingerprint density at radius 3 is 2.50 bits per heavy atom. The second-order valence-corrected chi connectivity index (χ2v) is 8.02. The van der Waals surface area contributed by atoms with E-state index in [9.17, 15) is 15.0 Å². The molecule has 0 bridgehead atoms. The van der Waals surface area contributed by atoms with Gasteiger partial charge < -0.3 is 10.2 Å². The van der Waals surface area contributed by atoms with Crippen molar-refractivity contribution in [3.05, 3.63) is 47.5 Å². The molecule has 0 amide bonds. The van der Waals surface area contributed by atoms with Gasteiger partial charge in [-0.1, -0.05) is 62.6 Å². The first-order valence-corrected chi connectivity index (χ1v) is 10.3. The molecule has 2 aliphatic rings. The van der Waals surface area contributed by atoms with Gasteiger partial charge in [0.1, 0.15) is 5.78 Å². The van der Waals surface area contributed by atoms with Gasteiger partial charge in [-0.25, -0.2) is 0 Å². The molecule has 2 N–H and O–H groups in total. The number of benzene rings is 1. The van der Waals surface area contributed by atoms with E-state index in [1.807, 2.05) is 24.3 Å². The molecule has 0 aromatic heterocycles. The van der Waals surface area contributed by atoms with E-state index in [4.69, 9.17) is 0 Å². The number of aliphatic hydroxyl groups excluding tert-OH is 2. The van der Waals surface area contributed by atoms with Gasteiger partial charge in [-0.3, -0.25) is 4.79 Å². The second-order valence-electron chi connectivity index (χ2n) is 8.02. The highest BCUT2D eigenvalue weighted by molar-refractivity contribution is 5.85. The minimum absolute atomic E-state index is 0.133. The Kier molecular flexibility index (Phi) is 6.66. The van der Waals surface area contributed by atoms with Crippen molar-refractivity contribution in [2.45, 2.75) is 76.4 Å². The number of allylic oxidation sites excluding steroid dienone is 2. The average Bonchev–Trinajstić information content (AvgIpc) is 3.27. The van der Waals surface area contributed by atoms with E-state index >= 15 is 0 Å². The van der Waals surface area contributed by atoms with Crippen LogP contribution < -0.4 is 0 Å². The maximum atomic E-state index is 12.3. The van der Waals surface area contributed by atoms with Crippen LogP contribution in [0.5, 0.6) is 0 Å². The van der Waals surface area contributed by atoms with Crippen LogP contribution in [0.15, 0.2) is 36.4 Å². The third-order valence-corrected chi connectivity index (χ3v) is 6.19. The van der Waals surface area contributed by atoms with Gasteiger partial charge in [0.25, 0.3) is 0 Å². The summed E-state index contributed by atoms with van der Waals surface area (Å²) in [5.74, 6) is 0.268. The fraction of sp³-hybridized carbons (Fsp3) is 0.609. The highest BCUT2D eigenvalue weighted by Crippen LogP contribution is 2.41. The predicted octanol–water partition coefficient (Wildman–Crippen LogP) is 4.69. The van der Waals surface area contributed by atoms with Gasteiger partial charge in [0.15, 0.2) is 0 Å². The summed E-state index contributed by atoms with van der Waals surface area (Å²) >= 11 is 0. The van der Waals surface area contributed by atoms with Gasteiger partial charge in [-0.15, -0.1) is 0 Å². The molecule has 3 rings (SSSR count). The lowest BCUT2D eigenvalue weighted by atomic mass is 9.84. The predicted molar refractivity (Wildman–Crippen MR) is 104 cm³/mol. The summed E-state index contributed by atoms with van der Waals surface area (Å²) in [4.78, 5) is 12.3. The van der Waals surface area contributed by atoms with Crippen molar-refractivity contribution in [3.63, 3.8) is 0 Å². The molecule has 0 saturated heterocycles. The van der Waals surface area contributed by atoms with Crippen LogP contribution in [0.25, 0.3) is 0 Å². The Morgan fingerprint density at radius 1 is 1.15 bits per heavy atom. The molecule has 2 fully saturated rings. The van der Waals surface area contributed by atoms with E-state index in [-0.39, 0.29) is 24.0 Å². The zero-order chi connectivity index (χ0) is 18.5. The molecule has 0 heterocycles. The lowest BCUT2D eigenvalue weighted by molar-refractivity contribution is -0.121. The molecule has 0 radical (unpaired) electrons. The van der Waals surface area contributed by atoms with Crippen molar-refractivity contribution in [2.75, 3.05) is 0 Å². The van der Waals surface area contributed by atoms with Crippen molar-refractivity contribution in [1.29, 1.82) is 0 Å². The van der Waals surface area contributed by atoms with Crippen molar-refractivity contribution in [2.24, 2.45) is 11.8 Å². The number of hydrogen-bond acceptors (Lipinski definition) is 3. The van der Waals surface area contributed by atoms with Crippen LogP contribution in [-0.2, 0) is 4.79 Å². The fourth-order valence-electron chi connectivity index (χ4n) is 4.67. The fourth-order valence-corrected chi connectivity index (χ4v) is 4.67. The topological polar surface area (TPSA) is 57.5 Å². The number of unbranched alkanes of at least 4 members (excludes halogenated alkanes) is 1. The molecule has 4 atom stereocenters. The largest absolute Gasteiger partial charge is 0.392 e. The number of carbonyl (C=O) groups is 1. The van der Waals surface area contributed by atoms with Crippen LogP contribution in [0, 0.1) is 11.8 Å². The first-order valence-electron chi connectivity index (χ1n) is 10.3. The van der Waals surface area contributed by atoms with E-state index in [1.54, 1.807) is 0 Å². The molecule has 1 unspecified atom stereocenters. The number of rotatable bonds is 7. The molecule has 2 saturated carbocycles. The number of carbonyl (C=O) groups excluding carboxylic acids is 1. The summed E-state index contributed by atoms with van der Waals surface area (Å²) < 4.78 is 0. The lowest BCUT2D eigenvalue weighted by Gasteiger charge is -2.22.